The van der Waals surface area contributed by atoms with Gasteiger partial charge in [0.05, 0.1) is 11.3 Å². The summed E-state index contributed by atoms with van der Waals surface area (Å²) in [5.74, 6) is -1.19. The summed E-state index contributed by atoms with van der Waals surface area (Å²) in [5.41, 5.74) is -1.52. The van der Waals surface area contributed by atoms with E-state index in [9.17, 15) is 27.6 Å². The minimum Gasteiger partial charge on any atom is -0.352 e. The van der Waals surface area contributed by atoms with Crippen molar-refractivity contribution in [3.8, 4) is 5.69 Å². The van der Waals surface area contributed by atoms with Gasteiger partial charge in [-0.3, -0.25) is 14.4 Å². The molecule has 0 fully saturated rings. The molecule has 1 aromatic heterocycles. The Kier molecular flexibility index (Phi) is 7.27. The fourth-order valence-electron chi connectivity index (χ4n) is 3.10. The average molecular weight is 458 g/mol. The Labute approximate surface area is 187 Å². The molecule has 2 N–H and O–H groups in total. The van der Waals surface area contributed by atoms with Gasteiger partial charge < -0.3 is 10.6 Å². The Morgan fingerprint density at radius 3 is 2.36 bits per heavy atom. The number of alkyl halides is 3. The summed E-state index contributed by atoms with van der Waals surface area (Å²) in [6, 6.07) is 15.0. The molecule has 33 heavy (non-hydrogen) atoms. The molecule has 0 aliphatic heterocycles. The number of hydrogen-bond donors (Lipinski definition) is 2. The van der Waals surface area contributed by atoms with E-state index >= 15 is 0 Å². The summed E-state index contributed by atoms with van der Waals surface area (Å²) in [6.07, 6.45) is -4.70. The van der Waals surface area contributed by atoms with Crippen LogP contribution in [0.4, 0.5) is 13.2 Å². The third kappa shape index (κ3) is 6.06. The van der Waals surface area contributed by atoms with Crippen LogP contribution in [0.5, 0.6) is 0 Å². The Morgan fingerprint density at radius 2 is 1.67 bits per heavy atom. The highest BCUT2D eigenvalue weighted by Gasteiger charge is 2.34. The SMILES string of the molecule is Cc1cc(=O)c(C(=O)NCCC(=O)NCc2ccccc2)nn1-c1ccccc1C(F)(F)F. The molecule has 0 spiro atoms. The Hall–Kier alpha value is -3.95. The summed E-state index contributed by atoms with van der Waals surface area (Å²) < 4.78 is 41.1. The van der Waals surface area contributed by atoms with E-state index in [0.29, 0.717) is 6.54 Å². The quantitative estimate of drug-likeness (QED) is 0.569. The maximum atomic E-state index is 13.4. The molecular weight excluding hydrogens is 437 g/mol. The van der Waals surface area contributed by atoms with Crippen LogP contribution in [0.15, 0.2) is 65.5 Å². The normalized spacial score (nSPS) is 11.2. The Bertz CT molecular complexity index is 1210. The molecule has 0 atom stereocenters. The first-order valence-electron chi connectivity index (χ1n) is 10.0. The van der Waals surface area contributed by atoms with Crippen LogP contribution in [0.25, 0.3) is 5.69 Å². The van der Waals surface area contributed by atoms with E-state index in [4.69, 9.17) is 0 Å². The Balaban J connectivity index is 1.69. The molecule has 0 aliphatic rings. The van der Waals surface area contributed by atoms with Gasteiger partial charge in [0.2, 0.25) is 11.3 Å². The van der Waals surface area contributed by atoms with E-state index < -0.39 is 28.8 Å². The molecule has 3 aromatic rings. The molecule has 10 heteroatoms. The molecule has 172 valence electrons. The molecular formula is C23H21F3N4O3. The molecule has 3 rings (SSSR count). The zero-order valence-corrected chi connectivity index (χ0v) is 17.6. The first-order valence-corrected chi connectivity index (χ1v) is 10.0. The van der Waals surface area contributed by atoms with E-state index in [-0.39, 0.29) is 30.3 Å². The maximum absolute atomic E-state index is 13.4. The summed E-state index contributed by atoms with van der Waals surface area (Å²) in [4.78, 5) is 36.7. The van der Waals surface area contributed by atoms with Gasteiger partial charge in [-0.25, -0.2) is 4.68 Å². The van der Waals surface area contributed by atoms with Crippen molar-refractivity contribution in [1.82, 2.24) is 20.4 Å². The molecule has 0 saturated carbocycles. The number of benzene rings is 2. The van der Waals surface area contributed by atoms with E-state index in [1.165, 1.54) is 25.1 Å². The lowest BCUT2D eigenvalue weighted by atomic mass is 10.1. The number of nitrogens with zero attached hydrogens (tertiary/aromatic N) is 2. The van der Waals surface area contributed by atoms with E-state index in [1.54, 1.807) is 0 Å². The number of carbonyl (C=O) groups is 2. The van der Waals surface area contributed by atoms with E-state index in [0.717, 1.165) is 22.4 Å². The maximum Gasteiger partial charge on any atom is 0.418 e. The third-order valence-electron chi connectivity index (χ3n) is 4.73. The van der Waals surface area contributed by atoms with Gasteiger partial charge >= 0.3 is 6.18 Å². The molecule has 0 bridgehead atoms. The number of amides is 2. The van der Waals surface area contributed by atoms with Crippen LogP contribution in [-0.4, -0.2) is 28.1 Å². The third-order valence-corrected chi connectivity index (χ3v) is 4.73. The number of halogens is 3. The largest absolute Gasteiger partial charge is 0.418 e. The van der Waals surface area contributed by atoms with Gasteiger partial charge in [0.1, 0.15) is 0 Å². The number of carbonyl (C=O) groups excluding carboxylic acids is 2. The first-order chi connectivity index (χ1) is 15.7. The topological polar surface area (TPSA) is 93.1 Å². The number of rotatable bonds is 7. The summed E-state index contributed by atoms with van der Waals surface area (Å²) in [6.45, 7) is 1.67. The zero-order valence-electron chi connectivity index (χ0n) is 17.6. The second-order valence-corrected chi connectivity index (χ2v) is 7.19. The number of aryl methyl sites for hydroxylation is 1. The number of hydrogen-bond acceptors (Lipinski definition) is 4. The average Bonchev–Trinajstić information content (AvgIpc) is 2.78. The second-order valence-electron chi connectivity index (χ2n) is 7.19. The van der Waals surface area contributed by atoms with Gasteiger partial charge in [-0.15, -0.1) is 0 Å². The molecule has 7 nitrogen and oxygen atoms in total. The van der Waals surface area contributed by atoms with E-state index in [1.807, 2.05) is 30.3 Å². The van der Waals surface area contributed by atoms with Crippen molar-refractivity contribution in [3.05, 3.63) is 93.4 Å². The lowest BCUT2D eigenvalue weighted by Crippen LogP contribution is -2.35. The van der Waals surface area contributed by atoms with Gasteiger partial charge in [0, 0.05) is 31.3 Å². The van der Waals surface area contributed by atoms with Crippen LogP contribution in [0.1, 0.15) is 33.7 Å². The van der Waals surface area contributed by atoms with Crippen molar-refractivity contribution in [1.29, 1.82) is 0 Å². The molecule has 0 unspecified atom stereocenters. The lowest BCUT2D eigenvalue weighted by molar-refractivity contribution is -0.137. The van der Waals surface area contributed by atoms with Crippen molar-refractivity contribution in [2.45, 2.75) is 26.1 Å². The van der Waals surface area contributed by atoms with Gasteiger partial charge in [-0.05, 0) is 24.6 Å². The van der Waals surface area contributed by atoms with Gasteiger partial charge in [0.15, 0.2) is 5.69 Å². The van der Waals surface area contributed by atoms with Crippen molar-refractivity contribution >= 4 is 11.8 Å². The minimum absolute atomic E-state index is 0.0461. The molecule has 0 saturated heterocycles. The highest BCUT2D eigenvalue weighted by atomic mass is 19.4. The highest BCUT2D eigenvalue weighted by molar-refractivity contribution is 5.92. The molecule has 0 radical (unpaired) electrons. The molecule has 0 aliphatic carbocycles. The van der Waals surface area contributed by atoms with Crippen molar-refractivity contribution in [3.63, 3.8) is 0 Å². The van der Waals surface area contributed by atoms with Crippen molar-refractivity contribution in [2.75, 3.05) is 6.54 Å². The first kappa shape index (κ1) is 23.7. The van der Waals surface area contributed by atoms with Crippen LogP contribution < -0.4 is 16.1 Å². The smallest absolute Gasteiger partial charge is 0.352 e. The monoisotopic (exact) mass is 458 g/mol. The molecule has 2 aromatic carbocycles. The van der Waals surface area contributed by atoms with Crippen LogP contribution in [-0.2, 0) is 17.5 Å². The standard InChI is InChI=1S/C23H21F3N4O3/c1-15-13-19(31)21(29-30(15)18-10-6-5-9-17(18)23(24,25)26)22(33)27-12-11-20(32)28-14-16-7-3-2-4-8-16/h2-10,13H,11-12,14H2,1H3,(H,27,33)(H,28,32). The van der Waals surface area contributed by atoms with Crippen molar-refractivity contribution in [2.24, 2.45) is 0 Å². The van der Waals surface area contributed by atoms with Gasteiger partial charge in [-0.1, -0.05) is 42.5 Å². The van der Waals surface area contributed by atoms with Crippen LogP contribution >= 0.6 is 0 Å². The fraction of sp³-hybridized carbons (Fsp3) is 0.217. The molecule has 1 heterocycles. The predicted octanol–water partition coefficient (Wildman–Crippen LogP) is 3.00. The minimum atomic E-state index is -4.65. The van der Waals surface area contributed by atoms with Crippen LogP contribution in [0.3, 0.4) is 0 Å². The number of nitrogens with one attached hydrogen (secondary N) is 2. The highest BCUT2D eigenvalue weighted by Crippen LogP contribution is 2.33. The van der Waals surface area contributed by atoms with Crippen molar-refractivity contribution < 1.29 is 22.8 Å². The van der Waals surface area contributed by atoms with Crippen LogP contribution in [0, 0.1) is 6.92 Å². The fourth-order valence-corrected chi connectivity index (χ4v) is 3.10. The number of aromatic nitrogens is 2. The van der Waals surface area contributed by atoms with Crippen LogP contribution in [0.2, 0.25) is 0 Å². The molecule has 2 amide bonds. The van der Waals surface area contributed by atoms with Gasteiger partial charge in [-0.2, -0.15) is 18.3 Å². The summed E-state index contributed by atoms with van der Waals surface area (Å²) >= 11 is 0. The van der Waals surface area contributed by atoms with Gasteiger partial charge in [0.25, 0.3) is 5.91 Å². The predicted molar refractivity (Wildman–Crippen MR) is 115 cm³/mol. The lowest BCUT2D eigenvalue weighted by Gasteiger charge is -2.16. The Morgan fingerprint density at radius 1 is 1.00 bits per heavy atom. The second kappa shape index (κ2) is 10.1. The summed E-state index contributed by atoms with van der Waals surface area (Å²) in [7, 11) is 0. The van der Waals surface area contributed by atoms with E-state index in [2.05, 4.69) is 15.7 Å². The zero-order chi connectivity index (χ0) is 24.0. The summed E-state index contributed by atoms with van der Waals surface area (Å²) in [5, 5.41) is 9.00. The number of para-hydroxylation sites is 1.